The van der Waals surface area contributed by atoms with E-state index < -0.39 is 52.4 Å². The number of nitrogens with zero attached hydrogens (tertiary/aromatic N) is 2. The molecule has 14 heteroatoms. The van der Waals surface area contributed by atoms with Crippen molar-refractivity contribution in [1.29, 1.82) is 0 Å². The maximum atomic E-state index is 13.9. The lowest BCUT2D eigenvalue weighted by Crippen LogP contribution is -2.51. The fourth-order valence-electron chi connectivity index (χ4n) is 6.15. The van der Waals surface area contributed by atoms with E-state index in [-0.39, 0.29) is 29.5 Å². The van der Waals surface area contributed by atoms with Gasteiger partial charge < -0.3 is 46.3 Å². The van der Waals surface area contributed by atoms with E-state index in [9.17, 15) is 38.8 Å². The first-order chi connectivity index (χ1) is 22.7. The van der Waals surface area contributed by atoms with Crippen molar-refractivity contribution < 1.29 is 44.0 Å². The Morgan fingerprint density at radius 2 is 1.73 bits per heavy atom. The van der Waals surface area contributed by atoms with Gasteiger partial charge in [-0.2, -0.15) is 5.06 Å². The third-order valence-electron chi connectivity index (χ3n) is 9.15. The monoisotopic (exact) mass is 694 g/mol. The van der Waals surface area contributed by atoms with Crippen LogP contribution >= 0.6 is 0 Å². The van der Waals surface area contributed by atoms with Crippen molar-refractivity contribution in [3.8, 4) is 0 Å². The van der Waals surface area contributed by atoms with E-state index >= 15 is 0 Å². The predicted molar refractivity (Wildman–Crippen MR) is 184 cm³/mol. The number of anilines is 2. The van der Waals surface area contributed by atoms with E-state index in [1.807, 2.05) is 45.0 Å². The van der Waals surface area contributed by atoms with E-state index in [1.54, 1.807) is 30.3 Å². The number of rotatable bonds is 18. The average Bonchev–Trinajstić information content (AvgIpc) is 3.13. The largest absolute Gasteiger partial charge is 0.394 e. The van der Waals surface area contributed by atoms with Crippen molar-refractivity contribution in [2.75, 3.05) is 49.8 Å². The van der Waals surface area contributed by atoms with Crippen LogP contribution in [-0.4, -0.2) is 120 Å². The zero-order valence-corrected chi connectivity index (χ0v) is 29.2. The highest BCUT2D eigenvalue weighted by Gasteiger charge is 2.48. The van der Waals surface area contributed by atoms with Gasteiger partial charge in [0, 0.05) is 38.4 Å². The van der Waals surface area contributed by atoms with Gasteiger partial charge in [0.2, 0.25) is 5.91 Å². The molecule has 1 aliphatic rings. The van der Waals surface area contributed by atoms with Crippen LogP contribution in [0.5, 0.6) is 0 Å². The third-order valence-corrected chi connectivity index (χ3v) is 11.1. The summed E-state index contributed by atoms with van der Waals surface area (Å²) in [4.78, 5) is 14.9. The van der Waals surface area contributed by atoms with Gasteiger partial charge in [0.15, 0.2) is 9.84 Å². The number of hydroxylamine groups is 2. The molecule has 0 saturated heterocycles. The first kappa shape index (κ1) is 39.8. The number of amides is 1. The van der Waals surface area contributed by atoms with Crippen molar-refractivity contribution >= 4 is 27.1 Å². The maximum Gasteiger partial charge on any atom is 0.224 e. The van der Waals surface area contributed by atoms with Crippen molar-refractivity contribution in [1.82, 2.24) is 10.4 Å². The number of unbranched alkanes of at least 4 members (excludes halogenated alkanes) is 2. The zero-order valence-electron chi connectivity index (χ0n) is 28.4. The van der Waals surface area contributed by atoms with Gasteiger partial charge in [0.05, 0.1) is 34.9 Å². The lowest BCUT2D eigenvalue weighted by atomic mass is 9.87. The fourth-order valence-corrected chi connectivity index (χ4v) is 8.30. The highest BCUT2D eigenvalue weighted by molar-refractivity contribution is 7.91. The summed E-state index contributed by atoms with van der Waals surface area (Å²) in [6.07, 6.45) is -2.44. The minimum absolute atomic E-state index is 0.0589. The first-order valence-corrected chi connectivity index (χ1v) is 18.3. The third kappa shape index (κ3) is 9.73. The minimum atomic E-state index is -3.76. The molecule has 13 nitrogen and oxygen atoms in total. The van der Waals surface area contributed by atoms with Crippen LogP contribution in [0.4, 0.5) is 11.4 Å². The second kappa shape index (κ2) is 17.8. The van der Waals surface area contributed by atoms with E-state index in [2.05, 4.69) is 10.6 Å². The molecule has 0 aromatic heterocycles. The summed E-state index contributed by atoms with van der Waals surface area (Å²) in [5.41, 5.74) is 1.41. The van der Waals surface area contributed by atoms with E-state index in [0.717, 1.165) is 18.5 Å². The molecule has 0 radical (unpaired) electrons. The molecule has 48 heavy (non-hydrogen) atoms. The van der Waals surface area contributed by atoms with Crippen LogP contribution in [0.1, 0.15) is 76.0 Å². The molecule has 0 spiro atoms. The van der Waals surface area contributed by atoms with Gasteiger partial charge in [-0.15, -0.1) is 0 Å². The molecule has 3 rings (SSSR count). The Kier molecular flexibility index (Phi) is 14.8. The van der Waals surface area contributed by atoms with Crippen LogP contribution in [0, 0.1) is 0 Å². The molecule has 8 N–H and O–H groups in total. The Hall–Kier alpha value is -2.66. The number of carbonyl (C=O) groups excluding carboxylic acids is 1. The van der Waals surface area contributed by atoms with E-state index in [0.29, 0.717) is 49.0 Å². The molecule has 0 bridgehead atoms. The number of hydrogen-bond donors (Lipinski definition) is 8. The fraction of sp³-hybridized carbons (Fsp3) is 0.618. The van der Waals surface area contributed by atoms with Crippen molar-refractivity contribution in [3.05, 3.63) is 53.6 Å². The SMILES string of the molecule is CCCC[C@]1(CC)CS(=O)(=O)c2ccc(N(C)C)cc2[C@@H](c2cccc(NC(=O)CCCCNC[C@H](O)[C@@H](O)[C@H](O)[C@H](O)CO)c2)N1O. The summed E-state index contributed by atoms with van der Waals surface area (Å²) in [6.45, 7) is 3.55. The predicted octanol–water partition coefficient (Wildman–Crippen LogP) is 1.79. The van der Waals surface area contributed by atoms with Gasteiger partial charge in [-0.25, -0.2) is 8.42 Å². The average molecular weight is 695 g/mol. The second-order valence-corrected chi connectivity index (χ2v) is 14.9. The zero-order chi connectivity index (χ0) is 35.6. The maximum absolute atomic E-state index is 13.9. The highest BCUT2D eigenvalue weighted by atomic mass is 32.2. The Balaban J connectivity index is 1.74. The molecule has 270 valence electrons. The van der Waals surface area contributed by atoms with Crippen LogP contribution in [0.3, 0.4) is 0 Å². The molecule has 0 fully saturated rings. The van der Waals surface area contributed by atoms with Gasteiger partial charge in [-0.1, -0.05) is 38.8 Å². The number of benzene rings is 2. The highest BCUT2D eigenvalue weighted by Crippen LogP contribution is 2.45. The van der Waals surface area contributed by atoms with Gasteiger partial charge in [0.1, 0.15) is 18.3 Å². The molecule has 2 aromatic carbocycles. The van der Waals surface area contributed by atoms with Crippen LogP contribution in [0.2, 0.25) is 0 Å². The number of carbonyl (C=O) groups is 1. The van der Waals surface area contributed by atoms with E-state index in [1.165, 1.54) is 5.06 Å². The number of aliphatic hydroxyl groups is 5. The van der Waals surface area contributed by atoms with Gasteiger partial charge in [-0.3, -0.25) is 4.79 Å². The summed E-state index contributed by atoms with van der Waals surface area (Å²) >= 11 is 0. The van der Waals surface area contributed by atoms with Crippen molar-refractivity contribution in [2.45, 2.75) is 99.7 Å². The standard InChI is InChI=1S/C34H54N4O9S/c1-5-7-16-34(6-2)22-48(46,47)29-15-14-25(37(3)4)19-26(29)31(38(34)45)23-11-10-12-24(18-23)36-30(42)13-8-9-17-35-20-27(40)32(43)33(44)28(41)21-39/h10-12,14-15,18-19,27-28,31-33,35,39-41,43-45H,5-9,13,16-17,20-22H2,1-4H3,(H,36,42)/t27-,28+,31+,32+,33+,34+/m0/s1. The topological polar surface area (TPSA) is 203 Å². The molecule has 2 aromatic rings. The minimum Gasteiger partial charge on any atom is -0.394 e. The summed E-state index contributed by atoms with van der Waals surface area (Å²) in [6, 6.07) is 11.5. The van der Waals surface area contributed by atoms with Crippen molar-refractivity contribution in [3.63, 3.8) is 0 Å². The second-order valence-electron chi connectivity index (χ2n) is 12.9. The molecule has 0 saturated carbocycles. The van der Waals surface area contributed by atoms with Crippen LogP contribution in [0.15, 0.2) is 47.4 Å². The molecular weight excluding hydrogens is 640 g/mol. The van der Waals surface area contributed by atoms with Gasteiger partial charge >= 0.3 is 0 Å². The lowest BCUT2D eigenvalue weighted by molar-refractivity contribution is -0.193. The number of fused-ring (bicyclic) bond motifs is 1. The van der Waals surface area contributed by atoms with Crippen LogP contribution in [-0.2, 0) is 14.6 Å². The first-order valence-electron chi connectivity index (χ1n) is 16.7. The molecule has 1 heterocycles. The molecular formula is C34H54N4O9S. The Labute approximate surface area is 284 Å². The van der Waals surface area contributed by atoms with E-state index in [4.69, 9.17) is 5.11 Å². The summed E-state index contributed by atoms with van der Waals surface area (Å²) in [5, 5.41) is 67.1. The van der Waals surface area contributed by atoms with Gasteiger partial charge in [-0.05, 0) is 73.7 Å². The molecule has 0 unspecified atom stereocenters. The number of sulfone groups is 1. The smallest absolute Gasteiger partial charge is 0.224 e. The lowest BCUT2D eigenvalue weighted by Gasteiger charge is -2.42. The number of hydrogen-bond acceptors (Lipinski definition) is 12. The summed E-state index contributed by atoms with van der Waals surface area (Å²) in [5.74, 6) is -0.439. The Morgan fingerprint density at radius 1 is 1.02 bits per heavy atom. The van der Waals surface area contributed by atoms with Crippen LogP contribution < -0.4 is 15.5 Å². The number of nitrogens with one attached hydrogen (secondary N) is 2. The Bertz CT molecular complexity index is 1440. The summed E-state index contributed by atoms with van der Waals surface area (Å²) in [7, 11) is -0.0214. The normalized spacial score (nSPS) is 21.8. The molecule has 6 atom stereocenters. The van der Waals surface area contributed by atoms with Crippen molar-refractivity contribution in [2.24, 2.45) is 0 Å². The molecule has 1 aliphatic heterocycles. The Morgan fingerprint density at radius 3 is 2.38 bits per heavy atom. The van der Waals surface area contributed by atoms with Gasteiger partial charge in [0.25, 0.3) is 0 Å². The molecule has 1 amide bonds. The number of aliphatic hydroxyl groups excluding tert-OH is 5. The van der Waals surface area contributed by atoms with Crippen LogP contribution in [0.25, 0.3) is 0 Å². The quantitative estimate of drug-likeness (QED) is 0.105. The molecule has 0 aliphatic carbocycles. The summed E-state index contributed by atoms with van der Waals surface area (Å²) < 4.78 is 27.7.